The van der Waals surface area contributed by atoms with Crippen LogP contribution in [-0.2, 0) is 9.59 Å². The molecule has 0 aromatic heterocycles. The van der Waals surface area contributed by atoms with Crippen LogP contribution in [0.2, 0.25) is 0 Å². The highest BCUT2D eigenvalue weighted by atomic mass is 16.2. The molecule has 6 heteroatoms. The van der Waals surface area contributed by atoms with Gasteiger partial charge in [-0.3, -0.25) is 19.7 Å². The predicted molar refractivity (Wildman–Crippen MR) is 92.6 cm³/mol. The molecule has 124 valence electrons. The number of aryl methyl sites for hydroxylation is 3. The van der Waals surface area contributed by atoms with Crippen molar-refractivity contribution in [2.45, 2.75) is 20.8 Å². The number of imide groups is 1. The third-order valence-corrected chi connectivity index (χ3v) is 3.52. The maximum atomic E-state index is 12.0. The lowest BCUT2D eigenvalue weighted by molar-refractivity contribution is -0.135. The number of hydrogen-bond donors (Lipinski definition) is 3. The van der Waals surface area contributed by atoms with Crippen LogP contribution in [0.15, 0.2) is 36.4 Å². The SMILES string of the molecule is Cc1cc(C)c(NC(=O)C(=O)NC(=O)c2ccc(N)cc2)c(C)c1. The highest BCUT2D eigenvalue weighted by Gasteiger charge is 2.19. The summed E-state index contributed by atoms with van der Waals surface area (Å²) in [4.78, 5) is 35.9. The Kier molecular flexibility index (Phi) is 4.99. The van der Waals surface area contributed by atoms with E-state index in [1.807, 2.05) is 32.9 Å². The molecular weight excluding hydrogens is 306 g/mol. The fourth-order valence-corrected chi connectivity index (χ4v) is 2.41. The zero-order chi connectivity index (χ0) is 17.9. The molecule has 24 heavy (non-hydrogen) atoms. The van der Waals surface area contributed by atoms with Gasteiger partial charge in [-0.1, -0.05) is 17.7 Å². The maximum Gasteiger partial charge on any atom is 0.316 e. The molecule has 2 aromatic rings. The van der Waals surface area contributed by atoms with Gasteiger partial charge in [-0.25, -0.2) is 0 Å². The van der Waals surface area contributed by atoms with E-state index in [0.717, 1.165) is 16.7 Å². The van der Waals surface area contributed by atoms with Gasteiger partial charge in [0.1, 0.15) is 0 Å². The molecule has 0 aliphatic heterocycles. The lowest BCUT2D eigenvalue weighted by Gasteiger charge is -2.12. The number of nitrogens with two attached hydrogens (primary N) is 1. The van der Waals surface area contributed by atoms with E-state index < -0.39 is 17.7 Å². The molecule has 0 fully saturated rings. The minimum absolute atomic E-state index is 0.244. The minimum atomic E-state index is -1.02. The first kappa shape index (κ1) is 17.2. The molecular formula is C18H19N3O3. The fourth-order valence-electron chi connectivity index (χ4n) is 2.41. The van der Waals surface area contributed by atoms with Crippen LogP contribution in [0.1, 0.15) is 27.0 Å². The Bertz CT molecular complexity index is 788. The Hall–Kier alpha value is -3.15. The van der Waals surface area contributed by atoms with Gasteiger partial charge in [0.2, 0.25) is 0 Å². The van der Waals surface area contributed by atoms with Crippen molar-refractivity contribution < 1.29 is 14.4 Å². The van der Waals surface area contributed by atoms with Gasteiger partial charge in [0.25, 0.3) is 5.91 Å². The van der Waals surface area contributed by atoms with E-state index in [9.17, 15) is 14.4 Å². The summed E-state index contributed by atoms with van der Waals surface area (Å²) in [5.74, 6) is -2.57. The number of benzene rings is 2. The summed E-state index contributed by atoms with van der Waals surface area (Å²) < 4.78 is 0. The van der Waals surface area contributed by atoms with Gasteiger partial charge in [-0.05, 0) is 56.2 Å². The largest absolute Gasteiger partial charge is 0.399 e. The normalized spacial score (nSPS) is 10.1. The first-order valence-corrected chi connectivity index (χ1v) is 7.38. The monoisotopic (exact) mass is 325 g/mol. The van der Waals surface area contributed by atoms with Crippen molar-refractivity contribution >= 4 is 29.1 Å². The Morgan fingerprint density at radius 1 is 0.875 bits per heavy atom. The molecule has 0 bridgehead atoms. The van der Waals surface area contributed by atoms with Gasteiger partial charge in [0, 0.05) is 16.9 Å². The third kappa shape index (κ3) is 3.98. The standard InChI is InChI=1S/C18H19N3O3/c1-10-8-11(2)15(12(3)9-10)20-17(23)18(24)21-16(22)13-4-6-14(19)7-5-13/h4-9H,19H2,1-3H3,(H,20,23)(H,21,22,24). The second kappa shape index (κ2) is 6.95. The fraction of sp³-hybridized carbons (Fsp3) is 0.167. The average molecular weight is 325 g/mol. The second-order valence-electron chi connectivity index (χ2n) is 5.63. The first-order chi connectivity index (χ1) is 11.3. The molecule has 3 amide bonds. The highest BCUT2D eigenvalue weighted by molar-refractivity contribution is 6.42. The van der Waals surface area contributed by atoms with Crippen LogP contribution < -0.4 is 16.4 Å². The molecule has 0 saturated carbocycles. The summed E-state index contributed by atoms with van der Waals surface area (Å²) in [7, 11) is 0. The Morgan fingerprint density at radius 2 is 1.42 bits per heavy atom. The third-order valence-electron chi connectivity index (χ3n) is 3.52. The molecule has 6 nitrogen and oxygen atoms in total. The molecule has 0 aliphatic rings. The molecule has 0 spiro atoms. The molecule has 0 unspecified atom stereocenters. The zero-order valence-electron chi connectivity index (χ0n) is 13.8. The number of nitrogens with one attached hydrogen (secondary N) is 2. The van der Waals surface area contributed by atoms with Crippen molar-refractivity contribution in [1.29, 1.82) is 0 Å². The van der Waals surface area contributed by atoms with Crippen molar-refractivity contribution in [3.8, 4) is 0 Å². The van der Waals surface area contributed by atoms with Crippen molar-refractivity contribution in [1.82, 2.24) is 5.32 Å². The van der Waals surface area contributed by atoms with Gasteiger partial charge >= 0.3 is 11.8 Å². The summed E-state index contributed by atoms with van der Waals surface area (Å²) in [6.45, 7) is 5.63. The van der Waals surface area contributed by atoms with Crippen molar-refractivity contribution in [3.05, 3.63) is 58.7 Å². The van der Waals surface area contributed by atoms with Crippen molar-refractivity contribution in [3.63, 3.8) is 0 Å². The molecule has 0 saturated heterocycles. The van der Waals surface area contributed by atoms with Crippen LogP contribution in [0.3, 0.4) is 0 Å². The van der Waals surface area contributed by atoms with E-state index in [1.54, 1.807) is 12.1 Å². The van der Waals surface area contributed by atoms with E-state index in [4.69, 9.17) is 5.73 Å². The molecule has 0 atom stereocenters. The number of nitrogen functional groups attached to an aromatic ring is 1. The van der Waals surface area contributed by atoms with Gasteiger partial charge < -0.3 is 11.1 Å². The van der Waals surface area contributed by atoms with Crippen LogP contribution in [-0.4, -0.2) is 17.7 Å². The lowest BCUT2D eigenvalue weighted by atomic mass is 10.1. The molecule has 2 aromatic carbocycles. The van der Waals surface area contributed by atoms with Crippen LogP contribution in [0.5, 0.6) is 0 Å². The summed E-state index contributed by atoms with van der Waals surface area (Å²) in [5, 5.41) is 4.60. The summed E-state index contributed by atoms with van der Waals surface area (Å²) in [5.41, 5.74) is 9.61. The van der Waals surface area contributed by atoms with E-state index >= 15 is 0 Å². The number of anilines is 2. The van der Waals surface area contributed by atoms with Crippen LogP contribution >= 0.6 is 0 Å². The average Bonchev–Trinajstić information content (AvgIpc) is 2.51. The minimum Gasteiger partial charge on any atom is -0.399 e. The number of carbonyl (C=O) groups excluding carboxylic acids is 3. The summed E-state index contributed by atoms with van der Waals surface area (Å²) in [6.07, 6.45) is 0. The van der Waals surface area contributed by atoms with Gasteiger partial charge in [-0.2, -0.15) is 0 Å². The second-order valence-corrected chi connectivity index (χ2v) is 5.63. The quantitative estimate of drug-likeness (QED) is 0.581. The van der Waals surface area contributed by atoms with E-state index in [0.29, 0.717) is 11.4 Å². The van der Waals surface area contributed by atoms with E-state index in [-0.39, 0.29) is 5.56 Å². The van der Waals surface area contributed by atoms with Gasteiger partial charge in [-0.15, -0.1) is 0 Å². The van der Waals surface area contributed by atoms with Crippen LogP contribution in [0.4, 0.5) is 11.4 Å². The van der Waals surface area contributed by atoms with Gasteiger partial charge in [0.15, 0.2) is 0 Å². The Labute approximate surface area is 140 Å². The first-order valence-electron chi connectivity index (χ1n) is 7.38. The van der Waals surface area contributed by atoms with Crippen molar-refractivity contribution in [2.24, 2.45) is 0 Å². The topological polar surface area (TPSA) is 101 Å². The molecule has 0 aliphatic carbocycles. The Morgan fingerprint density at radius 3 is 1.96 bits per heavy atom. The smallest absolute Gasteiger partial charge is 0.316 e. The van der Waals surface area contributed by atoms with Crippen LogP contribution in [0, 0.1) is 20.8 Å². The molecule has 2 rings (SSSR count). The van der Waals surface area contributed by atoms with E-state index in [2.05, 4.69) is 10.6 Å². The van der Waals surface area contributed by atoms with E-state index in [1.165, 1.54) is 12.1 Å². The summed E-state index contributed by atoms with van der Waals surface area (Å²) in [6, 6.07) is 9.84. The lowest BCUT2D eigenvalue weighted by Crippen LogP contribution is -2.39. The van der Waals surface area contributed by atoms with Crippen molar-refractivity contribution in [2.75, 3.05) is 11.1 Å². The predicted octanol–water partition coefficient (Wildman–Crippen LogP) is 2.09. The highest BCUT2D eigenvalue weighted by Crippen LogP contribution is 2.21. The van der Waals surface area contributed by atoms with Gasteiger partial charge in [0.05, 0.1) is 0 Å². The zero-order valence-corrected chi connectivity index (χ0v) is 13.8. The molecule has 0 heterocycles. The number of amides is 3. The maximum absolute atomic E-state index is 12.0. The number of carbonyl (C=O) groups is 3. The molecule has 4 N–H and O–H groups in total. The number of rotatable bonds is 2. The summed E-state index contributed by atoms with van der Waals surface area (Å²) >= 11 is 0. The van der Waals surface area contributed by atoms with Crippen LogP contribution in [0.25, 0.3) is 0 Å². The number of hydrogen-bond acceptors (Lipinski definition) is 4. The molecule has 0 radical (unpaired) electrons. The Balaban J connectivity index is 2.06.